The molecule has 2 N–H and O–H groups in total. The van der Waals surface area contributed by atoms with Crippen LogP contribution < -0.4 is 5.73 Å². The predicted molar refractivity (Wildman–Crippen MR) is 58.0 cm³/mol. The molecule has 0 fully saturated rings. The van der Waals surface area contributed by atoms with E-state index in [1.807, 2.05) is 0 Å². The molecule has 0 spiro atoms. The Hall–Kier alpha value is -1.82. The number of aryl methyl sites for hydroxylation is 1. The van der Waals surface area contributed by atoms with E-state index in [4.69, 9.17) is 5.73 Å². The topological polar surface area (TPSA) is 56.7 Å². The lowest BCUT2D eigenvalue weighted by molar-refractivity contribution is 0.487. The number of nitrogens with two attached hydrogens (primary N) is 1. The minimum atomic E-state index is -0.899. The summed E-state index contributed by atoms with van der Waals surface area (Å²) in [6.07, 6.45) is 2.01. The van der Waals surface area contributed by atoms with Gasteiger partial charge >= 0.3 is 0 Å². The van der Waals surface area contributed by atoms with Crippen LogP contribution >= 0.6 is 0 Å². The standard InChI is InChI=1S/C11H12F2N4/c1-17-6-7(15-16-17)5-10(14)8-3-2-4-9(12)11(8)13/h2-4,6,10H,5,14H2,1H3. The fourth-order valence-corrected chi connectivity index (χ4v) is 1.63. The normalized spacial score (nSPS) is 12.7. The Morgan fingerprint density at radius 1 is 1.41 bits per heavy atom. The molecule has 1 aromatic heterocycles. The summed E-state index contributed by atoms with van der Waals surface area (Å²) in [5.74, 6) is -1.79. The van der Waals surface area contributed by atoms with E-state index in [-0.39, 0.29) is 5.56 Å². The smallest absolute Gasteiger partial charge is 0.163 e. The lowest BCUT2D eigenvalue weighted by Crippen LogP contribution is -2.16. The minimum Gasteiger partial charge on any atom is -0.324 e. The van der Waals surface area contributed by atoms with Gasteiger partial charge in [-0.05, 0) is 6.07 Å². The van der Waals surface area contributed by atoms with Crippen molar-refractivity contribution in [1.29, 1.82) is 0 Å². The first-order valence-electron chi connectivity index (χ1n) is 5.12. The summed E-state index contributed by atoms with van der Waals surface area (Å²) in [4.78, 5) is 0. The lowest BCUT2D eigenvalue weighted by atomic mass is 10.0. The molecule has 0 saturated heterocycles. The van der Waals surface area contributed by atoms with Crippen LogP contribution in [0.1, 0.15) is 17.3 Å². The maximum absolute atomic E-state index is 13.5. The van der Waals surface area contributed by atoms with Gasteiger partial charge in [0.25, 0.3) is 0 Å². The van der Waals surface area contributed by atoms with Crippen LogP contribution in [0.4, 0.5) is 8.78 Å². The number of rotatable bonds is 3. The lowest BCUT2D eigenvalue weighted by Gasteiger charge is -2.11. The Balaban J connectivity index is 2.20. The number of benzene rings is 1. The van der Waals surface area contributed by atoms with E-state index in [1.165, 1.54) is 16.8 Å². The molecule has 1 heterocycles. The van der Waals surface area contributed by atoms with E-state index < -0.39 is 17.7 Å². The molecular weight excluding hydrogens is 226 g/mol. The molecular formula is C11H12F2N4. The van der Waals surface area contributed by atoms with Crippen molar-refractivity contribution in [2.75, 3.05) is 0 Å². The zero-order chi connectivity index (χ0) is 12.4. The van der Waals surface area contributed by atoms with E-state index in [0.717, 1.165) is 6.07 Å². The van der Waals surface area contributed by atoms with Gasteiger partial charge < -0.3 is 5.73 Å². The first-order chi connectivity index (χ1) is 8.08. The second kappa shape index (κ2) is 4.58. The molecule has 0 bridgehead atoms. The fourth-order valence-electron chi connectivity index (χ4n) is 1.63. The summed E-state index contributed by atoms with van der Waals surface area (Å²) in [5, 5.41) is 7.60. The third kappa shape index (κ3) is 2.47. The average molecular weight is 238 g/mol. The van der Waals surface area contributed by atoms with Gasteiger partial charge in [-0.1, -0.05) is 17.3 Å². The van der Waals surface area contributed by atoms with Gasteiger partial charge in [-0.15, -0.1) is 5.10 Å². The average Bonchev–Trinajstić information content (AvgIpc) is 2.68. The monoisotopic (exact) mass is 238 g/mol. The van der Waals surface area contributed by atoms with E-state index in [0.29, 0.717) is 12.1 Å². The van der Waals surface area contributed by atoms with Crippen molar-refractivity contribution in [2.24, 2.45) is 12.8 Å². The number of nitrogens with zero attached hydrogens (tertiary/aromatic N) is 3. The highest BCUT2D eigenvalue weighted by Crippen LogP contribution is 2.20. The largest absolute Gasteiger partial charge is 0.324 e. The van der Waals surface area contributed by atoms with E-state index in [2.05, 4.69) is 10.3 Å². The van der Waals surface area contributed by atoms with Gasteiger partial charge in [0.05, 0.1) is 5.69 Å². The van der Waals surface area contributed by atoms with E-state index in [9.17, 15) is 8.78 Å². The summed E-state index contributed by atoms with van der Waals surface area (Å²) in [6, 6.07) is 3.33. The van der Waals surface area contributed by atoms with Crippen LogP contribution in [0.2, 0.25) is 0 Å². The van der Waals surface area contributed by atoms with Gasteiger partial charge in [-0.2, -0.15) is 0 Å². The van der Waals surface area contributed by atoms with E-state index >= 15 is 0 Å². The van der Waals surface area contributed by atoms with Crippen LogP contribution in [-0.2, 0) is 13.5 Å². The third-order valence-corrected chi connectivity index (χ3v) is 2.46. The first-order valence-corrected chi connectivity index (χ1v) is 5.12. The van der Waals surface area contributed by atoms with Gasteiger partial charge in [0, 0.05) is 31.3 Å². The van der Waals surface area contributed by atoms with Crippen molar-refractivity contribution in [3.05, 3.63) is 47.3 Å². The van der Waals surface area contributed by atoms with Crippen LogP contribution in [0.15, 0.2) is 24.4 Å². The molecule has 1 unspecified atom stereocenters. The molecule has 0 amide bonds. The summed E-state index contributed by atoms with van der Waals surface area (Å²) in [7, 11) is 1.73. The summed E-state index contributed by atoms with van der Waals surface area (Å²) in [6.45, 7) is 0. The Kier molecular flexibility index (Phi) is 3.14. The predicted octanol–water partition coefficient (Wildman–Crippen LogP) is 1.34. The number of halogens is 2. The van der Waals surface area contributed by atoms with Crippen LogP contribution in [0, 0.1) is 11.6 Å². The molecule has 2 rings (SSSR count). The summed E-state index contributed by atoms with van der Waals surface area (Å²) in [5.41, 5.74) is 6.61. The number of hydrogen-bond acceptors (Lipinski definition) is 3. The molecule has 2 aromatic rings. The second-order valence-corrected chi connectivity index (χ2v) is 3.84. The van der Waals surface area contributed by atoms with Gasteiger partial charge in [0.15, 0.2) is 11.6 Å². The SMILES string of the molecule is Cn1cc(CC(N)c2cccc(F)c2F)nn1. The molecule has 0 aliphatic carbocycles. The highest BCUT2D eigenvalue weighted by molar-refractivity contribution is 5.23. The summed E-state index contributed by atoms with van der Waals surface area (Å²) >= 11 is 0. The van der Waals surface area contributed by atoms with Crippen LogP contribution in [-0.4, -0.2) is 15.0 Å². The molecule has 6 heteroatoms. The van der Waals surface area contributed by atoms with Gasteiger partial charge in [-0.3, -0.25) is 4.68 Å². The molecule has 0 aliphatic heterocycles. The van der Waals surface area contributed by atoms with Crippen molar-refractivity contribution < 1.29 is 8.78 Å². The van der Waals surface area contributed by atoms with Crippen molar-refractivity contribution in [3.63, 3.8) is 0 Å². The Bertz CT molecular complexity index is 524. The Morgan fingerprint density at radius 3 is 2.82 bits per heavy atom. The molecule has 0 radical (unpaired) electrons. The molecule has 0 aliphatic rings. The molecule has 0 saturated carbocycles. The van der Waals surface area contributed by atoms with Gasteiger partial charge in [-0.25, -0.2) is 8.78 Å². The zero-order valence-corrected chi connectivity index (χ0v) is 9.27. The molecule has 4 nitrogen and oxygen atoms in total. The quantitative estimate of drug-likeness (QED) is 0.877. The van der Waals surface area contributed by atoms with Gasteiger partial charge in [0.1, 0.15) is 0 Å². The first kappa shape index (κ1) is 11.7. The van der Waals surface area contributed by atoms with E-state index in [1.54, 1.807) is 13.2 Å². The highest BCUT2D eigenvalue weighted by atomic mass is 19.2. The molecule has 1 atom stereocenters. The Labute approximate surface area is 97.0 Å². The number of aromatic nitrogens is 3. The maximum Gasteiger partial charge on any atom is 0.163 e. The Morgan fingerprint density at radius 2 is 2.18 bits per heavy atom. The van der Waals surface area contributed by atoms with Crippen LogP contribution in [0.25, 0.3) is 0 Å². The molecule has 90 valence electrons. The summed E-state index contributed by atoms with van der Waals surface area (Å²) < 4.78 is 28.0. The minimum absolute atomic E-state index is 0.149. The van der Waals surface area contributed by atoms with Crippen LogP contribution in [0.3, 0.4) is 0 Å². The van der Waals surface area contributed by atoms with Crippen LogP contribution in [0.5, 0.6) is 0 Å². The highest BCUT2D eigenvalue weighted by Gasteiger charge is 2.16. The van der Waals surface area contributed by atoms with Crippen molar-refractivity contribution in [3.8, 4) is 0 Å². The second-order valence-electron chi connectivity index (χ2n) is 3.84. The van der Waals surface area contributed by atoms with Gasteiger partial charge in [0.2, 0.25) is 0 Å². The zero-order valence-electron chi connectivity index (χ0n) is 9.27. The van der Waals surface area contributed by atoms with Crippen molar-refractivity contribution in [1.82, 2.24) is 15.0 Å². The van der Waals surface area contributed by atoms with Crippen molar-refractivity contribution >= 4 is 0 Å². The fraction of sp³-hybridized carbons (Fsp3) is 0.273. The molecule has 17 heavy (non-hydrogen) atoms. The number of hydrogen-bond donors (Lipinski definition) is 1. The maximum atomic E-state index is 13.5. The van der Waals surface area contributed by atoms with Crippen molar-refractivity contribution in [2.45, 2.75) is 12.5 Å². The molecule has 1 aromatic carbocycles. The third-order valence-electron chi connectivity index (χ3n) is 2.46.